The van der Waals surface area contributed by atoms with Gasteiger partial charge in [0.25, 0.3) is 5.91 Å². The fourth-order valence-electron chi connectivity index (χ4n) is 2.72. The quantitative estimate of drug-likeness (QED) is 0.780. The first kappa shape index (κ1) is 17.0. The zero-order valence-corrected chi connectivity index (χ0v) is 14.4. The summed E-state index contributed by atoms with van der Waals surface area (Å²) in [4.78, 5) is 17.5. The average molecular weight is 342 g/mol. The van der Waals surface area contributed by atoms with E-state index in [1.54, 1.807) is 7.11 Å². The molecular formula is C18H22N4O3. The monoisotopic (exact) mass is 342 g/mol. The number of nitrogens with zero attached hydrogens (tertiary/aromatic N) is 3. The van der Waals surface area contributed by atoms with E-state index >= 15 is 0 Å². The molecule has 0 saturated carbocycles. The minimum Gasteiger partial charge on any atom is -0.496 e. The Hall–Kier alpha value is -2.83. The van der Waals surface area contributed by atoms with Crippen LogP contribution in [0.3, 0.4) is 0 Å². The van der Waals surface area contributed by atoms with Gasteiger partial charge in [0.05, 0.1) is 19.0 Å². The van der Waals surface area contributed by atoms with Gasteiger partial charge in [0.1, 0.15) is 5.75 Å². The maximum Gasteiger partial charge on any atom is 0.264 e. The van der Waals surface area contributed by atoms with Gasteiger partial charge in [-0.25, -0.2) is 0 Å². The van der Waals surface area contributed by atoms with E-state index in [0.29, 0.717) is 13.0 Å². The van der Waals surface area contributed by atoms with Gasteiger partial charge < -0.3 is 14.9 Å². The molecule has 7 heteroatoms. The summed E-state index contributed by atoms with van der Waals surface area (Å²) in [5.41, 5.74) is 2.71. The largest absolute Gasteiger partial charge is 0.496 e. The van der Waals surface area contributed by atoms with Crippen molar-refractivity contribution >= 4 is 11.6 Å². The maximum absolute atomic E-state index is 12.2. The van der Waals surface area contributed by atoms with Gasteiger partial charge in [-0.1, -0.05) is 17.3 Å². The molecule has 3 rings (SSSR count). The normalized spacial score (nSPS) is 16.2. The number of benzene rings is 1. The molecular weight excluding hydrogens is 320 g/mol. The van der Waals surface area contributed by atoms with E-state index in [1.165, 1.54) is 0 Å². The number of methoxy groups -OCH3 is 1. The van der Waals surface area contributed by atoms with Crippen molar-refractivity contribution in [3.63, 3.8) is 0 Å². The lowest BCUT2D eigenvalue weighted by molar-refractivity contribution is -0.131. The van der Waals surface area contributed by atoms with Crippen molar-refractivity contribution in [3.8, 4) is 5.75 Å². The van der Waals surface area contributed by atoms with E-state index in [1.807, 2.05) is 48.3 Å². The third-order valence-corrected chi connectivity index (χ3v) is 4.00. The molecule has 0 bridgehead atoms. The number of oxime groups is 1. The highest BCUT2D eigenvalue weighted by molar-refractivity contribution is 6.05. The first-order valence-electron chi connectivity index (χ1n) is 8.30. The second-order valence-electron chi connectivity index (χ2n) is 5.96. The van der Waals surface area contributed by atoms with Crippen LogP contribution in [-0.4, -0.2) is 41.2 Å². The molecule has 132 valence electrons. The lowest BCUT2D eigenvalue weighted by Crippen LogP contribution is -2.35. The summed E-state index contributed by atoms with van der Waals surface area (Å²) in [7, 11) is 1.61. The Morgan fingerprint density at radius 3 is 3.04 bits per heavy atom. The molecule has 1 amide bonds. The molecule has 0 spiro atoms. The van der Waals surface area contributed by atoms with Crippen LogP contribution in [0.2, 0.25) is 0 Å². The van der Waals surface area contributed by atoms with Crippen molar-refractivity contribution in [2.24, 2.45) is 5.16 Å². The highest BCUT2D eigenvalue weighted by Gasteiger charge is 2.29. The molecule has 7 nitrogen and oxygen atoms in total. The van der Waals surface area contributed by atoms with Gasteiger partial charge in [-0.15, -0.1) is 0 Å². The Balaban J connectivity index is 1.45. The Bertz CT molecular complexity index is 769. The van der Waals surface area contributed by atoms with Gasteiger partial charge in [0.15, 0.2) is 0 Å². The zero-order valence-electron chi connectivity index (χ0n) is 14.4. The van der Waals surface area contributed by atoms with Crippen molar-refractivity contribution in [1.82, 2.24) is 15.1 Å². The zero-order chi connectivity index (χ0) is 17.6. The van der Waals surface area contributed by atoms with Crippen molar-refractivity contribution in [1.29, 1.82) is 0 Å². The van der Waals surface area contributed by atoms with E-state index in [9.17, 15) is 4.79 Å². The first-order valence-corrected chi connectivity index (χ1v) is 8.30. The Morgan fingerprint density at radius 2 is 2.28 bits per heavy atom. The van der Waals surface area contributed by atoms with Gasteiger partial charge >= 0.3 is 0 Å². The molecule has 1 aliphatic heterocycles. The Kier molecular flexibility index (Phi) is 5.33. The van der Waals surface area contributed by atoms with Gasteiger partial charge in [-0.2, -0.15) is 5.10 Å². The lowest BCUT2D eigenvalue weighted by atomic mass is 10.0. The molecule has 0 aliphatic carbocycles. The maximum atomic E-state index is 12.2. The molecule has 0 fully saturated rings. The molecule has 2 heterocycles. The predicted molar refractivity (Wildman–Crippen MR) is 93.6 cm³/mol. The summed E-state index contributed by atoms with van der Waals surface area (Å²) < 4.78 is 7.20. The average Bonchev–Trinajstić information content (AvgIpc) is 3.27. The fourth-order valence-corrected chi connectivity index (χ4v) is 2.72. The number of hydrogen-bond donors (Lipinski definition) is 1. The van der Waals surface area contributed by atoms with Gasteiger partial charge in [-0.05, 0) is 31.0 Å². The number of ether oxygens (including phenoxy) is 1. The number of nitrogens with one attached hydrogen (secondary N) is 1. The van der Waals surface area contributed by atoms with Crippen molar-refractivity contribution < 1.29 is 14.4 Å². The van der Waals surface area contributed by atoms with Crippen LogP contribution in [0.15, 0.2) is 41.8 Å². The number of carbonyl (C=O) groups is 1. The smallest absolute Gasteiger partial charge is 0.264 e. The lowest BCUT2D eigenvalue weighted by Gasteiger charge is -2.10. The van der Waals surface area contributed by atoms with Crippen LogP contribution in [0, 0.1) is 6.92 Å². The van der Waals surface area contributed by atoms with Crippen LogP contribution >= 0.6 is 0 Å². The van der Waals surface area contributed by atoms with E-state index in [0.717, 1.165) is 35.6 Å². The second kappa shape index (κ2) is 7.83. The molecule has 25 heavy (non-hydrogen) atoms. The van der Waals surface area contributed by atoms with Crippen LogP contribution in [-0.2, 0) is 16.2 Å². The molecule has 0 radical (unpaired) electrons. The van der Waals surface area contributed by atoms with Crippen molar-refractivity contribution in [2.45, 2.75) is 32.4 Å². The SMILES string of the molecule is COc1ccccc1C1=NOC(C(=O)NCCCn2cc(C)cn2)C1. The summed E-state index contributed by atoms with van der Waals surface area (Å²) in [6, 6.07) is 7.57. The van der Waals surface area contributed by atoms with Crippen molar-refractivity contribution in [2.75, 3.05) is 13.7 Å². The summed E-state index contributed by atoms with van der Waals surface area (Å²) in [6.45, 7) is 3.34. The fraction of sp³-hybridized carbons (Fsp3) is 0.389. The highest BCUT2D eigenvalue weighted by Crippen LogP contribution is 2.24. The molecule has 1 aromatic heterocycles. The molecule has 1 unspecified atom stereocenters. The molecule has 1 aromatic carbocycles. The summed E-state index contributed by atoms with van der Waals surface area (Å²) in [5.74, 6) is 0.575. The van der Waals surface area contributed by atoms with E-state index < -0.39 is 6.10 Å². The first-order chi connectivity index (χ1) is 12.2. The van der Waals surface area contributed by atoms with Gasteiger partial charge in [0.2, 0.25) is 6.10 Å². The number of amides is 1. The van der Waals surface area contributed by atoms with E-state index in [-0.39, 0.29) is 5.91 Å². The standard InChI is InChI=1S/C18H22N4O3/c1-13-11-20-22(12-13)9-5-8-19-18(23)17-10-15(21-25-17)14-6-3-4-7-16(14)24-2/h3-4,6-7,11-12,17H,5,8-10H2,1-2H3,(H,19,23). The number of para-hydroxylation sites is 1. The highest BCUT2D eigenvalue weighted by atomic mass is 16.6. The number of aromatic nitrogens is 2. The van der Waals surface area contributed by atoms with Crippen LogP contribution in [0.4, 0.5) is 0 Å². The molecule has 0 saturated heterocycles. The van der Waals surface area contributed by atoms with Crippen LogP contribution in [0.25, 0.3) is 0 Å². The summed E-state index contributed by atoms with van der Waals surface area (Å²) in [5, 5.41) is 11.2. The molecule has 1 atom stereocenters. The summed E-state index contributed by atoms with van der Waals surface area (Å²) >= 11 is 0. The Labute approximate surface area is 146 Å². The molecule has 1 aliphatic rings. The molecule has 2 aromatic rings. The molecule has 1 N–H and O–H groups in total. The third kappa shape index (κ3) is 4.17. The van der Waals surface area contributed by atoms with Crippen LogP contribution in [0.1, 0.15) is 24.0 Å². The third-order valence-electron chi connectivity index (χ3n) is 4.00. The van der Waals surface area contributed by atoms with Crippen molar-refractivity contribution in [3.05, 3.63) is 47.8 Å². The predicted octanol–water partition coefficient (Wildman–Crippen LogP) is 1.90. The Morgan fingerprint density at radius 1 is 1.44 bits per heavy atom. The number of rotatable bonds is 7. The number of hydrogen-bond acceptors (Lipinski definition) is 5. The van der Waals surface area contributed by atoms with Gasteiger partial charge in [0, 0.05) is 31.3 Å². The minimum atomic E-state index is -0.591. The topological polar surface area (TPSA) is 77.7 Å². The summed E-state index contributed by atoms with van der Waals surface area (Å²) in [6.07, 6.45) is 4.45. The van der Waals surface area contributed by atoms with Crippen LogP contribution in [0.5, 0.6) is 5.75 Å². The van der Waals surface area contributed by atoms with E-state index in [2.05, 4.69) is 15.6 Å². The van der Waals surface area contributed by atoms with E-state index in [4.69, 9.17) is 9.57 Å². The number of aryl methyl sites for hydroxylation is 2. The second-order valence-corrected chi connectivity index (χ2v) is 5.96. The minimum absolute atomic E-state index is 0.148. The van der Waals surface area contributed by atoms with Gasteiger partial charge in [-0.3, -0.25) is 9.48 Å². The van der Waals surface area contributed by atoms with Crippen LogP contribution < -0.4 is 10.1 Å². The number of carbonyl (C=O) groups excluding carboxylic acids is 1.